The zero-order valence-corrected chi connectivity index (χ0v) is 23.0. The van der Waals surface area contributed by atoms with Crippen LogP contribution in [0.15, 0.2) is 79.0 Å². The highest BCUT2D eigenvalue weighted by atomic mass is 32.1. The van der Waals surface area contributed by atoms with Gasteiger partial charge in [0.25, 0.3) is 0 Å². The SMILES string of the molecule is Cc1ccccc1-n1c(C)cc(C2C(c3ccccn3)NC(=S)N2c2ccc(OC3CCCC3)cc2)c1C. The molecule has 4 aromatic rings. The normalized spacial score (nSPS) is 19.7. The fourth-order valence-corrected chi connectivity index (χ4v) is 6.45. The molecule has 5 nitrogen and oxygen atoms in total. The van der Waals surface area contributed by atoms with Crippen molar-refractivity contribution in [2.45, 2.75) is 64.6 Å². The van der Waals surface area contributed by atoms with E-state index in [1.165, 1.54) is 41.0 Å². The van der Waals surface area contributed by atoms with E-state index in [2.05, 4.69) is 96.2 Å². The molecule has 1 N–H and O–H groups in total. The van der Waals surface area contributed by atoms with Gasteiger partial charge in [0.2, 0.25) is 0 Å². The second-order valence-electron chi connectivity index (χ2n) is 10.5. The fraction of sp³-hybridized carbons (Fsp3) is 0.312. The topological polar surface area (TPSA) is 42.3 Å². The molecule has 194 valence electrons. The number of ether oxygens (including phenoxy) is 1. The minimum absolute atomic E-state index is 0.0528. The predicted molar refractivity (Wildman–Crippen MR) is 157 cm³/mol. The number of hydrogen-bond acceptors (Lipinski definition) is 3. The molecule has 0 amide bonds. The number of aromatic nitrogens is 2. The van der Waals surface area contributed by atoms with Crippen molar-refractivity contribution >= 4 is 23.0 Å². The Hall–Kier alpha value is -3.64. The standard InChI is InChI=1S/C32H34N4OS/c1-21-10-4-7-14-29(21)35-22(2)20-27(23(35)3)31-30(28-13-8-9-19-33-28)34-32(38)36(31)24-15-17-26(18-16-24)37-25-11-5-6-12-25/h4,7-10,13-20,25,30-31H,5-6,11-12H2,1-3H3,(H,34,38). The van der Waals surface area contributed by atoms with Crippen LogP contribution in [0.25, 0.3) is 5.69 Å². The van der Waals surface area contributed by atoms with Gasteiger partial charge in [0.1, 0.15) is 5.75 Å². The Morgan fingerprint density at radius 3 is 2.37 bits per heavy atom. The maximum absolute atomic E-state index is 6.24. The zero-order valence-electron chi connectivity index (χ0n) is 22.2. The minimum atomic E-state index is -0.0797. The van der Waals surface area contributed by atoms with Crippen molar-refractivity contribution in [1.29, 1.82) is 0 Å². The summed E-state index contributed by atoms with van der Waals surface area (Å²) in [6, 6.07) is 25.2. The van der Waals surface area contributed by atoms with Crippen LogP contribution in [0.4, 0.5) is 5.69 Å². The summed E-state index contributed by atoms with van der Waals surface area (Å²) < 4.78 is 8.60. The Kier molecular flexibility index (Phi) is 6.66. The van der Waals surface area contributed by atoms with Crippen molar-refractivity contribution in [1.82, 2.24) is 14.9 Å². The molecular weight excluding hydrogens is 488 g/mol. The van der Waals surface area contributed by atoms with Crippen molar-refractivity contribution in [2.75, 3.05) is 4.90 Å². The number of pyridine rings is 1. The van der Waals surface area contributed by atoms with Crippen molar-refractivity contribution < 1.29 is 4.74 Å². The van der Waals surface area contributed by atoms with Crippen LogP contribution in [0.1, 0.15) is 66.0 Å². The highest BCUT2D eigenvalue weighted by Gasteiger charge is 2.42. The molecule has 0 spiro atoms. The lowest BCUT2D eigenvalue weighted by molar-refractivity contribution is 0.210. The van der Waals surface area contributed by atoms with Gasteiger partial charge in [0.15, 0.2) is 5.11 Å². The highest BCUT2D eigenvalue weighted by Crippen LogP contribution is 2.44. The molecule has 2 fully saturated rings. The quantitative estimate of drug-likeness (QED) is 0.269. The molecule has 2 unspecified atom stereocenters. The molecule has 6 rings (SSSR count). The van der Waals surface area contributed by atoms with Gasteiger partial charge in [-0.2, -0.15) is 0 Å². The van der Waals surface area contributed by atoms with E-state index >= 15 is 0 Å². The second-order valence-corrected chi connectivity index (χ2v) is 10.8. The van der Waals surface area contributed by atoms with Crippen LogP contribution >= 0.6 is 12.2 Å². The van der Waals surface area contributed by atoms with Crippen LogP contribution in [-0.4, -0.2) is 20.8 Å². The van der Waals surface area contributed by atoms with Crippen LogP contribution in [0.2, 0.25) is 0 Å². The molecule has 1 saturated heterocycles. The van der Waals surface area contributed by atoms with Crippen molar-refractivity contribution in [3.05, 3.63) is 107 Å². The Bertz CT molecular complexity index is 1440. The summed E-state index contributed by atoms with van der Waals surface area (Å²) in [4.78, 5) is 6.97. The van der Waals surface area contributed by atoms with E-state index in [0.29, 0.717) is 11.2 Å². The molecule has 3 heterocycles. The highest BCUT2D eigenvalue weighted by molar-refractivity contribution is 7.80. The number of para-hydroxylation sites is 1. The summed E-state index contributed by atoms with van der Waals surface area (Å²) in [5.41, 5.74) is 8.12. The molecule has 2 aliphatic rings. The van der Waals surface area contributed by atoms with Gasteiger partial charge in [-0.05, 0) is 118 Å². The smallest absolute Gasteiger partial charge is 0.174 e. The third kappa shape index (κ3) is 4.47. The van der Waals surface area contributed by atoms with Crippen LogP contribution in [0, 0.1) is 20.8 Å². The van der Waals surface area contributed by atoms with E-state index in [1.807, 2.05) is 18.3 Å². The number of benzene rings is 2. The van der Waals surface area contributed by atoms with Crippen LogP contribution in [0.5, 0.6) is 5.75 Å². The van der Waals surface area contributed by atoms with Gasteiger partial charge in [-0.3, -0.25) is 4.98 Å². The Balaban J connectivity index is 1.42. The minimum Gasteiger partial charge on any atom is -0.490 e. The van der Waals surface area contributed by atoms with Crippen molar-refractivity contribution in [3.63, 3.8) is 0 Å². The number of hydrogen-bond donors (Lipinski definition) is 1. The molecule has 1 aliphatic carbocycles. The van der Waals surface area contributed by atoms with Gasteiger partial charge in [-0.15, -0.1) is 0 Å². The number of rotatable bonds is 6. The summed E-state index contributed by atoms with van der Waals surface area (Å²) >= 11 is 5.97. The fourth-order valence-electron chi connectivity index (χ4n) is 6.11. The molecule has 2 aromatic heterocycles. The number of nitrogens with zero attached hydrogens (tertiary/aromatic N) is 3. The molecule has 2 aromatic carbocycles. The molecule has 6 heteroatoms. The first-order valence-electron chi connectivity index (χ1n) is 13.5. The molecule has 1 aliphatic heterocycles. The molecule has 0 bridgehead atoms. The van der Waals surface area contributed by atoms with E-state index in [-0.39, 0.29) is 12.1 Å². The molecule has 38 heavy (non-hydrogen) atoms. The monoisotopic (exact) mass is 522 g/mol. The van der Waals surface area contributed by atoms with Crippen LogP contribution in [0.3, 0.4) is 0 Å². The summed E-state index contributed by atoms with van der Waals surface area (Å²) in [5.74, 6) is 0.925. The van der Waals surface area contributed by atoms with Crippen molar-refractivity contribution in [2.24, 2.45) is 0 Å². The van der Waals surface area contributed by atoms with E-state index in [9.17, 15) is 0 Å². The zero-order chi connectivity index (χ0) is 26.2. The Labute approximate surface area is 230 Å². The van der Waals surface area contributed by atoms with E-state index in [4.69, 9.17) is 21.9 Å². The van der Waals surface area contributed by atoms with Gasteiger partial charge < -0.3 is 19.5 Å². The second kappa shape index (κ2) is 10.3. The third-order valence-corrected chi connectivity index (χ3v) is 8.28. The maximum atomic E-state index is 6.24. The summed E-state index contributed by atoms with van der Waals surface area (Å²) in [7, 11) is 0. The van der Waals surface area contributed by atoms with Crippen molar-refractivity contribution in [3.8, 4) is 11.4 Å². The summed E-state index contributed by atoms with van der Waals surface area (Å²) in [6.07, 6.45) is 7.00. The molecular formula is C32H34N4OS. The summed E-state index contributed by atoms with van der Waals surface area (Å²) in [5, 5.41) is 4.31. The average molecular weight is 523 g/mol. The first-order chi connectivity index (χ1) is 18.5. The first kappa shape index (κ1) is 24.7. The van der Waals surface area contributed by atoms with E-state index in [0.717, 1.165) is 30.0 Å². The largest absolute Gasteiger partial charge is 0.490 e. The molecule has 2 atom stereocenters. The Morgan fingerprint density at radius 1 is 0.921 bits per heavy atom. The van der Waals surface area contributed by atoms with Gasteiger partial charge >= 0.3 is 0 Å². The van der Waals surface area contributed by atoms with Gasteiger partial charge in [0, 0.05) is 29.0 Å². The van der Waals surface area contributed by atoms with Crippen LogP contribution < -0.4 is 15.0 Å². The first-order valence-corrected chi connectivity index (χ1v) is 13.9. The Morgan fingerprint density at radius 2 is 1.66 bits per heavy atom. The van der Waals surface area contributed by atoms with Crippen LogP contribution in [-0.2, 0) is 0 Å². The van der Waals surface area contributed by atoms with Gasteiger partial charge in [-0.25, -0.2) is 0 Å². The van der Waals surface area contributed by atoms with Gasteiger partial charge in [0.05, 0.1) is 23.9 Å². The molecule has 1 saturated carbocycles. The maximum Gasteiger partial charge on any atom is 0.174 e. The summed E-state index contributed by atoms with van der Waals surface area (Å²) in [6.45, 7) is 6.56. The van der Waals surface area contributed by atoms with E-state index < -0.39 is 0 Å². The number of aryl methyl sites for hydroxylation is 2. The number of nitrogens with one attached hydrogen (secondary N) is 1. The third-order valence-electron chi connectivity index (χ3n) is 7.96. The van der Waals surface area contributed by atoms with E-state index in [1.54, 1.807) is 0 Å². The molecule has 0 radical (unpaired) electrons. The average Bonchev–Trinajstić information content (AvgIpc) is 3.63. The number of thiocarbonyl (C=S) groups is 1. The number of anilines is 1. The predicted octanol–water partition coefficient (Wildman–Crippen LogP) is 7.30. The lowest BCUT2D eigenvalue weighted by atomic mass is 9.96. The lowest BCUT2D eigenvalue weighted by Crippen LogP contribution is -2.29. The van der Waals surface area contributed by atoms with Gasteiger partial charge in [-0.1, -0.05) is 24.3 Å². The lowest BCUT2D eigenvalue weighted by Gasteiger charge is -2.28.